The molecule has 0 atom stereocenters. The van der Waals surface area contributed by atoms with Gasteiger partial charge in [-0.1, -0.05) is 34.1 Å². The fourth-order valence-corrected chi connectivity index (χ4v) is 2.76. The van der Waals surface area contributed by atoms with Crippen molar-refractivity contribution in [1.29, 1.82) is 0 Å². The summed E-state index contributed by atoms with van der Waals surface area (Å²) in [5.74, 6) is 0. The highest BCUT2D eigenvalue weighted by Gasteiger charge is 2.25. The maximum atomic E-state index is 4.66. The summed E-state index contributed by atoms with van der Waals surface area (Å²) in [6.45, 7) is 2.15. The Kier molecular flexibility index (Phi) is 1.93. The van der Waals surface area contributed by atoms with Gasteiger partial charge in [-0.05, 0) is 24.6 Å². The average molecular weight is 260 g/mol. The van der Waals surface area contributed by atoms with Gasteiger partial charge in [0.15, 0.2) is 0 Å². The molecule has 1 aliphatic carbocycles. The highest BCUT2D eigenvalue weighted by Crippen LogP contribution is 2.43. The first kappa shape index (κ1) is 9.10. The lowest BCUT2D eigenvalue weighted by Gasteiger charge is -2.11. The van der Waals surface area contributed by atoms with Crippen molar-refractivity contribution in [1.82, 2.24) is 0 Å². The Balaban J connectivity index is 2.34. The molecule has 74 valence electrons. The molecule has 1 nitrogen and oxygen atoms in total. The Labute approximate surface area is 97.4 Å². The van der Waals surface area contributed by atoms with Crippen LogP contribution >= 0.6 is 15.9 Å². The van der Waals surface area contributed by atoms with Gasteiger partial charge >= 0.3 is 0 Å². The number of rotatable bonds is 0. The largest absolute Gasteiger partial charge is 0.252 e. The molecule has 0 aromatic heterocycles. The minimum Gasteiger partial charge on any atom is -0.252 e. The van der Waals surface area contributed by atoms with Gasteiger partial charge in [-0.15, -0.1) is 0 Å². The standard InChI is InChI=1S/C13H10BrN/c1-8-4-2-6-10-12(8)13-9(14)5-3-7-11(13)15-10/h2-5,7H,6H2,1H3. The summed E-state index contributed by atoms with van der Waals surface area (Å²) in [6.07, 6.45) is 5.31. The number of benzene rings is 1. The Bertz CT molecular complexity index is 535. The third kappa shape index (κ3) is 1.25. The topological polar surface area (TPSA) is 12.4 Å². The SMILES string of the molecule is CC1=C2C(=Nc3cccc(Br)c32)CC=C1. The fourth-order valence-electron chi connectivity index (χ4n) is 2.20. The quantitative estimate of drug-likeness (QED) is 0.660. The minimum atomic E-state index is 0.952. The number of aliphatic imine (C=N–C) groups is 1. The van der Waals surface area contributed by atoms with E-state index >= 15 is 0 Å². The van der Waals surface area contributed by atoms with Crippen LogP contribution in [0.1, 0.15) is 18.9 Å². The summed E-state index contributed by atoms with van der Waals surface area (Å²) in [7, 11) is 0. The molecular weight excluding hydrogens is 250 g/mol. The van der Waals surface area contributed by atoms with E-state index in [9.17, 15) is 0 Å². The Hall–Kier alpha value is -1.15. The highest BCUT2D eigenvalue weighted by molar-refractivity contribution is 9.10. The van der Waals surface area contributed by atoms with Gasteiger partial charge in [0.2, 0.25) is 0 Å². The van der Waals surface area contributed by atoms with E-state index in [4.69, 9.17) is 0 Å². The minimum absolute atomic E-state index is 0.952. The van der Waals surface area contributed by atoms with Crippen molar-refractivity contribution >= 4 is 32.9 Å². The second kappa shape index (κ2) is 3.17. The van der Waals surface area contributed by atoms with Crippen LogP contribution in [-0.4, -0.2) is 5.71 Å². The Morgan fingerprint density at radius 2 is 2.20 bits per heavy atom. The lowest BCUT2D eigenvalue weighted by molar-refractivity contribution is 1.39. The highest BCUT2D eigenvalue weighted by atomic mass is 79.9. The summed E-state index contributed by atoms with van der Waals surface area (Å²) < 4.78 is 1.14. The molecule has 1 aromatic rings. The lowest BCUT2D eigenvalue weighted by atomic mass is 9.92. The van der Waals surface area contributed by atoms with Crippen molar-refractivity contribution in [3.05, 3.63) is 46.0 Å². The predicted molar refractivity (Wildman–Crippen MR) is 67.6 cm³/mol. The molecule has 0 N–H and O–H groups in total. The van der Waals surface area contributed by atoms with E-state index in [1.54, 1.807) is 0 Å². The van der Waals surface area contributed by atoms with Crippen LogP contribution < -0.4 is 0 Å². The second-order valence-corrected chi connectivity index (χ2v) is 4.71. The van der Waals surface area contributed by atoms with Crippen LogP contribution in [0.3, 0.4) is 0 Å². The molecule has 1 heterocycles. The van der Waals surface area contributed by atoms with Gasteiger partial charge < -0.3 is 0 Å². The van der Waals surface area contributed by atoms with E-state index < -0.39 is 0 Å². The number of hydrogen-bond acceptors (Lipinski definition) is 1. The monoisotopic (exact) mass is 259 g/mol. The zero-order valence-electron chi connectivity index (χ0n) is 8.42. The van der Waals surface area contributed by atoms with Crippen LogP contribution in [0, 0.1) is 0 Å². The van der Waals surface area contributed by atoms with Crippen molar-refractivity contribution in [2.45, 2.75) is 13.3 Å². The molecule has 0 unspecified atom stereocenters. The smallest absolute Gasteiger partial charge is 0.0723 e. The summed E-state index contributed by atoms with van der Waals surface area (Å²) in [5, 5.41) is 0. The van der Waals surface area contributed by atoms with E-state index in [-0.39, 0.29) is 0 Å². The summed E-state index contributed by atoms with van der Waals surface area (Å²) >= 11 is 3.61. The molecule has 3 rings (SSSR count). The molecule has 0 bridgehead atoms. The van der Waals surface area contributed by atoms with Crippen molar-refractivity contribution in [2.24, 2.45) is 4.99 Å². The molecule has 0 saturated carbocycles. The van der Waals surface area contributed by atoms with Gasteiger partial charge in [-0.3, -0.25) is 4.99 Å². The first-order valence-electron chi connectivity index (χ1n) is 5.01. The van der Waals surface area contributed by atoms with Crippen molar-refractivity contribution in [2.75, 3.05) is 0 Å². The average Bonchev–Trinajstić information content (AvgIpc) is 2.58. The first-order chi connectivity index (χ1) is 7.27. The van der Waals surface area contributed by atoms with Crippen LogP contribution in [0.5, 0.6) is 0 Å². The number of nitrogens with zero attached hydrogens (tertiary/aromatic N) is 1. The summed E-state index contributed by atoms with van der Waals surface area (Å²) in [6, 6.07) is 6.19. The molecule has 1 aliphatic heterocycles. The van der Waals surface area contributed by atoms with Gasteiger partial charge in [-0.2, -0.15) is 0 Å². The third-order valence-electron chi connectivity index (χ3n) is 2.86. The van der Waals surface area contributed by atoms with E-state index in [0.717, 1.165) is 16.6 Å². The molecule has 0 amide bonds. The van der Waals surface area contributed by atoms with E-state index in [1.165, 1.54) is 22.4 Å². The van der Waals surface area contributed by atoms with Crippen molar-refractivity contribution < 1.29 is 0 Å². The molecule has 15 heavy (non-hydrogen) atoms. The molecule has 0 saturated heterocycles. The fraction of sp³-hybridized carbons (Fsp3) is 0.154. The number of hydrogen-bond donors (Lipinski definition) is 0. The first-order valence-corrected chi connectivity index (χ1v) is 5.81. The Morgan fingerprint density at radius 3 is 3.07 bits per heavy atom. The zero-order chi connectivity index (χ0) is 10.4. The second-order valence-electron chi connectivity index (χ2n) is 3.86. The molecule has 0 fully saturated rings. The van der Waals surface area contributed by atoms with Crippen LogP contribution in [0.2, 0.25) is 0 Å². The Morgan fingerprint density at radius 1 is 1.33 bits per heavy atom. The molecule has 0 radical (unpaired) electrons. The number of allylic oxidation sites excluding steroid dienone is 4. The number of fused-ring (bicyclic) bond motifs is 3. The third-order valence-corrected chi connectivity index (χ3v) is 3.52. The zero-order valence-corrected chi connectivity index (χ0v) is 10.0. The van der Waals surface area contributed by atoms with Gasteiger partial charge in [0.05, 0.1) is 11.4 Å². The van der Waals surface area contributed by atoms with Gasteiger partial charge in [0.1, 0.15) is 0 Å². The van der Waals surface area contributed by atoms with Gasteiger partial charge in [0, 0.05) is 22.0 Å². The van der Waals surface area contributed by atoms with Gasteiger partial charge in [0.25, 0.3) is 0 Å². The molecule has 2 heteroatoms. The number of halogens is 1. The molecular formula is C13H10BrN. The predicted octanol–water partition coefficient (Wildman–Crippen LogP) is 4.27. The summed E-state index contributed by atoms with van der Waals surface area (Å²) in [5.41, 5.74) is 6.19. The maximum Gasteiger partial charge on any atom is 0.0723 e. The normalized spacial score (nSPS) is 17.6. The van der Waals surface area contributed by atoms with Crippen LogP contribution in [0.4, 0.5) is 5.69 Å². The summed E-state index contributed by atoms with van der Waals surface area (Å²) in [4.78, 5) is 4.66. The maximum absolute atomic E-state index is 4.66. The molecule has 1 aromatic carbocycles. The van der Waals surface area contributed by atoms with E-state index in [1.807, 2.05) is 6.07 Å². The van der Waals surface area contributed by atoms with Crippen molar-refractivity contribution in [3.8, 4) is 0 Å². The van der Waals surface area contributed by atoms with Crippen LogP contribution in [0.15, 0.2) is 45.4 Å². The van der Waals surface area contributed by atoms with Crippen LogP contribution in [0.25, 0.3) is 5.57 Å². The van der Waals surface area contributed by atoms with Crippen LogP contribution in [-0.2, 0) is 0 Å². The van der Waals surface area contributed by atoms with E-state index in [2.05, 4.69) is 52.1 Å². The molecule has 0 spiro atoms. The lowest BCUT2D eigenvalue weighted by Crippen LogP contribution is -2.02. The van der Waals surface area contributed by atoms with Crippen molar-refractivity contribution in [3.63, 3.8) is 0 Å². The molecule has 2 aliphatic rings. The van der Waals surface area contributed by atoms with Gasteiger partial charge in [-0.25, -0.2) is 0 Å². The van der Waals surface area contributed by atoms with E-state index in [0.29, 0.717) is 0 Å².